The lowest BCUT2D eigenvalue weighted by Gasteiger charge is -2.35. The zero-order valence-corrected chi connectivity index (χ0v) is 16.2. The number of carbonyl (C=O) groups excluding carboxylic acids is 1. The van der Waals surface area contributed by atoms with Gasteiger partial charge in [-0.3, -0.25) is 15.0 Å². The molecule has 1 fully saturated rings. The molecule has 1 aliphatic heterocycles. The summed E-state index contributed by atoms with van der Waals surface area (Å²) in [5.74, 6) is 0.459. The Morgan fingerprint density at radius 3 is 2.77 bits per heavy atom. The van der Waals surface area contributed by atoms with Gasteiger partial charge in [0.15, 0.2) is 5.11 Å². The third-order valence-electron chi connectivity index (χ3n) is 4.43. The number of rotatable bonds is 6. The van der Waals surface area contributed by atoms with Crippen molar-refractivity contribution in [3.63, 3.8) is 0 Å². The average Bonchev–Trinajstić information content (AvgIpc) is 2.66. The number of hydrogen-bond acceptors (Lipinski definition) is 5. The highest BCUT2D eigenvalue weighted by Crippen LogP contribution is 2.16. The number of ether oxygens (including phenoxy) is 1. The van der Waals surface area contributed by atoms with E-state index >= 15 is 0 Å². The van der Waals surface area contributed by atoms with Crippen LogP contribution < -0.4 is 10.1 Å². The van der Waals surface area contributed by atoms with E-state index in [0.29, 0.717) is 22.8 Å². The van der Waals surface area contributed by atoms with Gasteiger partial charge < -0.3 is 9.64 Å². The topological polar surface area (TPSA) is 68.6 Å². The first-order valence-electron chi connectivity index (χ1n) is 8.99. The molecule has 1 aromatic rings. The number of carbonyl (C=O) groups is 1. The minimum absolute atomic E-state index is 0.103. The van der Waals surface area contributed by atoms with E-state index in [2.05, 4.69) is 23.2 Å². The highest BCUT2D eigenvalue weighted by atomic mass is 32.1. The van der Waals surface area contributed by atoms with Crippen LogP contribution in [0.4, 0.5) is 0 Å². The fraction of sp³-hybridized carbons (Fsp3) is 0.526. The van der Waals surface area contributed by atoms with Crippen LogP contribution in [0.1, 0.15) is 37.0 Å². The van der Waals surface area contributed by atoms with Crippen LogP contribution >= 0.6 is 12.2 Å². The lowest BCUT2D eigenvalue weighted by Crippen LogP contribution is -2.52. The first-order valence-corrected chi connectivity index (χ1v) is 9.40. The maximum Gasteiger partial charge on any atom is 0.257 e. The molecule has 0 saturated carbocycles. The number of amides is 1. The van der Waals surface area contributed by atoms with Gasteiger partial charge in [-0.15, -0.1) is 0 Å². The van der Waals surface area contributed by atoms with Crippen molar-refractivity contribution in [1.29, 1.82) is 5.26 Å². The predicted octanol–water partition coefficient (Wildman–Crippen LogP) is 2.41. The molecule has 0 aliphatic carbocycles. The molecule has 1 heterocycles. The van der Waals surface area contributed by atoms with Gasteiger partial charge >= 0.3 is 0 Å². The smallest absolute Gasteiger partial charge is 0.257 e. The summed E-state index contributed by atoms with van der Waals surface area (Å²) in [7, 11) is 0. The molecule has 2 rings (SSSR count). The van der Waals surface area contributed by atoms with Crippen molar-refractivity contribution in [3.05, 3.63) is 29.8 Å². The molecule has 1 N–H and O–H groups in total. The van der Waals surface area contributed by atoms with Crippen LogP contribution in [-0.2, 0) is 0 Å². The number of nitrogens with zero attached hydrogens (tertiary/aromatic N) is 3. The molecule has 140 valence electrons. The maximum absolute atomic E-state index is 12.5. The molecular formula is C19H26N4O2S. The summed E-state index contributed by atoms with van der Waals surface area (Å²) >= 11 is 5.39. The van der Waals surface area contributed by atoms with Crippen LogP contribution in [0.25, 0.3) is 0 Å². The van der Waals surface area contributed by atoms with Gasteiger partial charge in [0, 0.05) is 44.7 Å². The Morgan fingerprint density at radius 1 is 1.38 bits per heavy atom. The fourth-order valence-corrected chi connectivity index (χ4v) is 2.93. The second kappa shape index (κ2) is 10.1. The Labute approximate surface area is 160 Å². The minimum Gasteiger partial charge on any atom is -0.491 e. The summed E-state index contributed by atoms with van der Waals surface area (Å²) in [5.41, 5.74) is 0.529. The van der Waals surface area contributed by atoms with Crippen molar-refractivity contribution in [1.82, 2.24) is 15.1 Å². The predicted molar refractivity (Wildman–Crippen MR) is 105 cm³/mol. The number of piperazine rings is 1. The second-order valence-electron chi connectivity index (χ2n) is 6.36. The van der Waals surface area contributed by atoms with Crippen molar-refractivity contribution in [2.24, 2.45) is 0 Å². The SMILES string of the molecule is CCC(C)Oc1cccc(C(=O)NC(=S)N2CCN(CCC#N)CC2)c1. The van der Waals surface area contributed by atoms with Crippen LogP contribution in [0, 0.1) is 11.3 Å². The van der Waals surface area contributed by atoms with E-state index < -0.39 is 0 Å². The molecule has 7 heteroatoms. The standard InChI is InChI=1S/C19H26N4O2S/c1-3-15(2)25-17-7-4-6-16(14-17)18(24)21-19(26)23-12-10-22(11-13-23)9-5-8-20/h4,6-7,14-15H,3,5,9-13H2,1-2H3,(H,21,24,26). The van der Waals surface area contributed by atoms with E-state index in [4.69, 9.17) is 22.2 Å². The molecule has 6 nitrogen and oxygen atoms in total. The van der Waals surface area contributed by atoms with Crippen molar-refractivity contribution >= 4 is 23.2 Å². The van der Waals surface area contributed by atoms with E-state index in [9.17, 15) is 4.79 Å². The Balaban J connectivity index is 1.87. The zero-order chi connectivity index (χ0) is 18.9. The van der Waals surface area contributed by atoms with E-state index in [1.54, 1.807) is 12.1 Å². The number of benzene rings is 1. The fourth-order valence-electron chi connectivity index (χ4n) is 2.66. The van der Waals surface area contributed by atoms with Gasteiger partial charge in [-0.05, 0) is 43.8 Å². The first-order chi connectivity index (χ1) is 12.5. The number of nitrogens with one attached hydrogen (secondary N) is 1. The number of thiocarbonyl (C=S) groups is 1. The Bertz CT molecular complexity index is 666. The van der Waals surface area contributed by atoms with Crippen molar-refractivity contribution in [3.8, 4) is 11.8 Å². The Hall–Kier alpha value is -2.17. The minimum atomic E-state index is -0.225. The Kier molecular flexibility index (Phi) is 7.82. The largest absolute Gasteiger partial charge is 0.491 e. The molecule has 1 atom stereocenters. The molecule has 26 heavy (non-hydrogen) atoms. The molecular weight excluding hydrogens is 348 g/mol. The van der Waals surface area contributed by atoms with Crippen LogP contribution in [0.5, 0.6) is 5.75 Å². The molecule has 0 bridgehead atoms. The van der Waals surface area contributed by atoms with Crippen LogP contribution in [0.2, 0.25) is 0 Å². The van der Waals surface area contributed by atoms with Crippen LogP contribution in [-0.4, -0.2) is 59.6 Å². The summed E-state index contributed by atoms with van der Waals surface area (Å²) in [5, 5.41) is 11.9. The molecule has 0 spiro atoms. The third-order valence-corrected chi connectivity index (χ3v) is 4.79. The average molecular weight is 375 g/mol. The summed E-state index contributed by atoms with van der Waals surface area (Å²) in [6.07, 6.45) is 1.55. The molecule has 1 amide bonds. The molecule has 1 unspecified atom stereocenters. The molecule has 1 saturated heterocycles. The third kappa shape index (κ3) is 5.97. The van der Waals surface area contributed by atoms with Gasteiger partial charge in [0.25, 0.3) is 5.91 Å². The van der Waals surface area contributed by atoms with Gasteiger partial charge in [-0.2, -0.15) is 5.26 Å². The van der Waals surface area contributed by atoms with Crippen LogP contribution in [0.3, 0.4) is 0 Å². The normalized spacial score (nSPS) is 15.8. The second-order valence-corrected chi connectivity index (χ2v) is 6.75. The van der Waals surface area contributed by atoms with E-state index in [0.717, 1.165) is 39.1 Å². The highest BCUT2D eigenvalue weighted by molar-refractivity contribution is 7.80. The number of nitriles is 1. The lowest BCUT2D eigenvalue weighted by atomic mass is 10.2. The zero-order valence-electron chi connectivity index (χ0n) is 15.4. The van der Waals surface area contributed by atoms with Crippen LogP contribution in [0.15, 0.2) is 24.3 Å². The van der Waals surface area contributed by atoms with Gasteiger partial charge in [-0.1, -0.05) is 13.0 Å². The number of hydrogen-bond donors (Lipinski definition) is 1. The lowest BCUT2D eigenvalue weighted by molar-refractivity contribution is 0.0969. The van der Waals surface area contributed by atoms with Crippen molar-refractivity contribution in [2.45, 2.75) is 32.8 Å². The van der Waals surface area contributed by atoms with Gasteiger partial charge in [0.05, 0.1) is 12.2 Å². The molecule has 0 radical (unpaired) electrons. The maximum atomic E-state index is 12.5. The van der Waals surface area contributed by atoms with Crippen molar-refractivity contribution < 1.29 is 9.53 Å². The monoisotopic (exact) mass is 374 g/mol. The van der Waals surface area contributed by atoms with Crippen molar-refractivity contribution in [2.75, 3.05) is 32.7 Å². The van der Waals surface area contributed by atoms with E-state index in [1.807, 2.05) is 24.0 Å². The summed E-state index contributed by atoms with van der Waals surface area (Å²) < 4.78 is 5.77. The summed E-state index contributed by atoms with van der Waals surface area (Å²) in [4.78, 5) is 16.7. The van der Waals surface area contributed by atoms with E-state index in [1.165, 1.54) is 0 Å². The van der Waals surface area contributed by atoms with E-state index in [-0.39, 0.29) is 12.0 Å². The first kappa shape index (κ1) is 20.1. The van der Waals surface area contributed by atoms with Gasteiger partial charge in [-0.25, -0.2) is 0 Å². The Morgan fingerprint density at radius 2 is 2.12 bits per heavy atom. The summed E-state index contributed by atoms with van der Waals surface area (Å²) in [6.45, 7) is 8.03. The molecule has 0 aromatic heterocycles. The van der Waals surface area contributed by atoms with Gasteiger partial charge in [0.2, 0.25) is 0 Å². The summed E-state index contributed by atoms with van der Waals surface area (Å²) in [6, 6.07) is 9.31. The quantitative estimate of drug-likeness (QED) is 0.771. The van der Waals surface area contributed by atoms with Gasteiger partial charge in [0.1, 0.15) is 5.75 Å². The molecule has 1 aromatic carbocycles. The molecule has 1 aliphatic rings. The highest BCUT2D eigenvalue weighted by Gasteiger charge is 2.20.